The van der Waals surface area contributed by atoms with Gasteiger partial charge in [0.05, 0.1) is 16.6 Å². The van der Waals surface area contributed by atoms with E-state index < -0.39 is 11.8 Å². The van der Waals surface area contributed by atoms with Gasteiger partial charge in [-0.1, -0.05) is 11.6 Å². The number of anilines is 1. The lowest BCUT2D eigenvalue weighted by Crippen LogP contribution is -2.17. The predicted molar refractivity (Wildman–Crippen MR) is 81.9 cm³/mol. The number of primary amides is 1. The lowest BCUT2D eigenvalue weighted by atomic mass is 10.3. The van der Waals surface area contributed by atoms with Crippen LogP contribution in [-0.2, 0) is 0 Å². The summed E-state index contributed by atoms with van der Waals surface area (Å²) in [5.41, 5.74) is 6.79. The maximum absolute atomic E-state index is 12.2. The van der Waals surface area contributed by atoms with Gasteiger partial charge in [0.1, 0.15) is 5.00 Å². The standard InChI is InChI=1S/C13H9ClN4O2S/c14-6-1-2-8-9(5-6)17-11(16-8)12(20)18-13-7(10(15)19)3-4-21-13/h1-5H,(H2,15,19)(H,16,17)(H,18,20). The molecule has 4 N–H and O–H groups in total. The third-order valence-electron chi connectivity index (χ3n) is 2.82. The number of carbonyl (C=O) groups excluding carboxylic acids is 2. The Bertz CT molecular complexity index is 855. The number of nitrogens with zero attached hydrogens (tertiary/aromatic N) is 1. The lowest BCUT2D eigenvalue weighted by molar-refractivity contribution is 0.100. The highest BCUT2D eigenvalue weighted by Crippen LogP contribution is 2.23. The molecule has 3 aromatic rings. The minimum atomic E-state index is -0.595. The number of aromatic amines is 1. The molecule has 2 aromatic heterocycles. The average molecular weight is 321 g/mol. The molecule has 0 aliphatic rings. The number of imidazole rings is 1. The van der Waals surface area contributed by atoms with Gasteiger partial charge < -0.3 is 16.0 Å². The third kappa shape index (κ3) is 2.61. The van der Waals surface area contributed by atoms with E-state index in [4.69, 9.17) is 17.3 Å². The number of fused-ring (bicyclic) bond motifs is 1. The Kier molecular flexibility index (Phi) is 3.36. The summed E-state index contributed by atoms with van der Waals surface area (Å²) in [5.74, 6) is -0.911. The van der Waals surface area contributed by atoms with Crippen LogP contribution in [0.15, 0.2) is 29.6 Å². The SMILES string of the molecule is NC(=O)c1ccsc1NC(=O)c1nc2ccc(Cl)cc2[nH]1. The molecule has 0 radical (unpaired) electrons. The number of carbonyl (C=O) groups is 2. The fraction of sp³-hybridized carbons (Fsp3) is 0. The summed E-state index contributed by atoms with van der Waals surface area (Å²) in [6, 6.07) is 6.64. The van der Waals surface area contributed by atoms with Crippen LogP contribution < -0.4 is 11.1 Å². The molecule has 106 valence electrons. The van der Waals surface area contributed by atoms with Gasteiger partial charge in [0.25, 0.3) is 11.8 Å². The Morgan fingerprint density at radius 3 is 2.90 bits per heavy atom. The van der Waals surface area contributed by atoms with Crippen molar-refractivity contribution in [3.8, 4) is 0 Å². The molecule has 6 nitrogen and oxygen atoms in total. The van der Waals surface area contributed by atoms with E-state index in [0.717, 1.165) is 0 Å². The second-order valence-electron chi connectivity index (χ2n) is 4.23. The van der Waals surface area contributed by atoms with Gasteiger partial charge in [-0.15, -0.1) is 11.3 Å². The number of hydrogen-bond donors (Lipinski definition) is 3. The smallest absolute Gasteiger partial charge is 0.292 e. The average Bonchev–Trinajstić information content (AvgIpc) is 3.04. The topological polar surface area (TPSA) is 101 Å². The molecule has 3 rings (SSSR count). The van der Waals surface area contributed by atoms with Crippen LogP contribution in [0.3, 0.4) is 0 Å². The summed E-state index contributed by atoms with van der Waals surface area (Å²) in [6.07, 6.45) is 0. The molecule has 0 spiro atoms. The maximum Gasteiger partial charge on any atom is 0.292 e. The van der Waals surface area contributed by atoms with E-state index in [1.54, 1.807) is 29.6 Å². The van der Waals surface area contributed by atoms with Crippen LogP contribution in [0.25, 0.3) is 11.0 Å². The molecule has 8 heteroatoms. The molecule has 0 saturated carbocycles. The van der Waals surface area contributed by atoms with Crippen LogP contribution in [0.1, 0.15) is 21.0 Å². The molecule has 0 unspecified atom stereocenters. The van der Waals surface area contributed by atoms with Crippen molar-refractivity contribution < 1.29 is 9.59 Å². The molecule has 0 aliphatic heterocycles. The number of nitrogens with two attached hydrogens (primary N) is 1. The highest BCUT2D eigenvalue weighted by molar-refractivity contribution is 7.14. The van der Waals surface area contributed by atoms with Crippen molar-refractivity contribution >= 4 is 50.8 Å². The Morgan fingerprint density at radius 1 is 1.33 bits per heavy atom. The van der Waals surface area contributed by atoms with E-state index >= 15 is 0 Å². The molecule has 0 atom stereocenters. The molecule has 21 heavy (non-hydrogen) atoms. The van der Waals surface area contributed by atoms with E-state index in [9.17, 15) is 9.59 Å². The molecule has 2 amide bonds. The van der Waals surface area contributed by atoms with Gasteiger partial charge in [-0.3, -0.25) is 9.59 Å². The minimum absolute atomic E-state index is 0.135. The second-order valence-corrected chi connectivity index (χ2v) is 5.58. The first-order chi connectivity index (χ1) is 10.0. The Balaban J connectivity index is 1.90. The van der Waals surface area contributed by atoms with Crippen molar-refractivity contribution in [2.45, 2.75) is 0 Å². The fourth-order valence-corrected chi connectivity index (χ4v) is 2.81. The van der Waals surface area contributed by atoms with Gasteiger partial charge in [0.15, 0.2) is 5.82 Å². The normalized spacial score (nSPS) is 10.7. The number of hydrogen-bond acceptors (Lipinski definition) is 4. The molecule has 1 aromatic carbocycles. The molecule has 2 heterocycles. The number of amides is 2. The zero-order chi connectivity index (χ0) is 15.0. The molecular formula is C13H9ClN4O2S. The first-order valence-corrected chi connectivity index (χ1v) is 7.14. The fourth-order valence-electron chi connectivity index (χ4n) is 1.85. The monoisotopic (exact) mass is 320 g/mol. The van der Waals surface area contributed by atoms with Gasteiger partial charge in [0, 0.05) is 5.02 Å². The van der Waals surface area contributed by atoms with Crippen molar-refractivity contribution in [3.05, 3.63) is 46.1 Å². The molecule has 0 bridgehead atoms. The number of aromatic nitrogens is 2. The van der Waals surface area contributed by atoms with E-state index in [2.05, 4.69) is 15.3 Å². The van der Waals surface area contributed by atoms with Crippen LogP contribution in [-0.4, -0.2) is 21.8 Å². The number of thiophene rings is 1. The zero-order valence-electron chi connectivity index (χ0n) is 10.5. The molecule has 0 fully saturated rings. The van der Waals surface area contributed by atoms with Gasteiger partial charge in [-0.25, -0.2) is 4.98 Å². The van der Waals surface area contributed by atoms with Gasteiger partial charge >= 0.3 is 0 Å². The van der Waals surface area contributed by atoms with Gasteiger partial charge in [-0.05, 0) is 29.6 Å². The van der Waals surface area contributed by atoms with Crippen LogP contribution >= 0.6 is 22.9 Å². The highest BCUT2D eigenvalue weighted by atomic mass is 35.5. The van der Waals surface area contributed by atoms with E-state index in [1.165, 1.54) is 11.3 Å². The van der Waals surface area contributed by atoms with Crippen molar-refractivity contribution in [2.75, 3.05) is 5.32 Å². The molecular weight excluding hydrogens is 312 g/mol. The first-order valence-electron chi connectivity index (χ1n) is 5.88. The summed E-state index contributed by atoms with van der Waals surface area (Å²) in [7, 11) is 0. The van der Waals surface area contributed by atoms with Crippen LogP contribution in [0.2, 0.25) is 5.02 Å². The summed E-state index contributed by atoms with van der Waals surface area (Å²) >= 11 is 7.09. The number of halogens is 1. The van der Waals surface area contributed by atoms with Crippen molar-refractivity contribution in [2.24, 2.45) is 5.73 Å². The third-order valence-corrected chi connectivity index (χ3v) is 3.88. The van der Waals surface area contributed by atoms with Gasteiger partial charge in [-0.2, -0.15) is 0 Å². The summed E-state index contributed by atoms with van der Waals surface area (Å²) in [5, 5.41) is 5.23. The highest BCUT2D eigenvalue weighted by Gasteiger charge is 2.16. The largest absolute Gasteiger partial charge is 0.366 e. The quantitative estimate of drug-likeness (QED) is 0.691. The predicted octanol–water partition coefficient (Wildman–Crippen LogP) is 2.63. The van der Waals surface area contributed by atoms with E-state index in [1.807, 2.05) is 0 Å². The maximum atomic E-state index is 12.2. The Labute approximate surface area is 127 Å². The number of H-pyrrole nitrogens is 1. The zero-order valence-corrected chi connectivity index (χ0v) is 12.1. The van der Waals surface area contributed by atoms with Crippen LogP contribution in [0.4, 0.5) is 5.00 Å². The van der Waals surface area contributed by atoms with E-state index in [-0.39, 0.29) is 11.4 Å². The number of benzene rings is 1. The Hall–Kier alpha value is -2.38. The summed E-state index contributed by atoms with van der Waals surface area (Å²) in [4.78, 5) is 30.4. The van der Waals surface area contributed by atoms with Crippen LogP contribution in [0, 0.1) is 0 Å². The molecule has 0 saturated heterocycles. The van der Waals surface area contributed by atoms with Crippen molar-refractivity contribution in [1.82, 2.24) is 9.97 Å². The van der Waals surface area contributed by atoms with E-state index in [0.29, 0.717) is 21.1 Å². The van der Waals surface area contributed by atoms with Crippen molar-refractivity contribution in [1.29, 1.82) is 0 Å². The minimum Gasteiger partial charge on any atom is -0.366 e. The number of nitrogens with one attached hydrogen (secondary N) is 2. The van der Waals surface area contributed by atoms with Crippen molar-refractivity contribution in [3.63, 3.8) is 0 Å². The first kappa shape index (κ1) is 13.6. The Morgan fingerprint density at radius 2 is 2.14 bits per heavy atom. The summed E-state index contributed by atoms with van der Waals surface area (Å²) in [6.45, 7) is 0. The summed E-state index contributed by atoms with van der Waals surface area (Å²) < 4.78 is 0. The lowest BCUT2D eigenvalue weighted by Gasteiger charge is -2.01. The van der Waals surface area contributed by atoms with Gasteiger partial charge in [0.2, 0.25) is 0 Å². The number of rotatable bonds is 3. The molecule has 0 aliphatic carbocycles. The second kappa shape index (κ2) is 5.19. The van der Waals surface area contributed by atoms with Crippen LogP contribution in [0.5, 0.6) is 0 Å².